The number of carbonyl (C=O) groups excluding carboxylic acids is 2. The molecule has 24 nitrogen and oxygen atoms in total. The third kappa shape index (κ3) is 22.8. The highest BCUT2D eigenvalue weighted by molar-refractivity contribution is 6.77. The van der Waals surface area contributed by atoms with Crippen LogP contribution in [0.1, 0.15) is 96.0 Å². The van der Waals surface area contributed by atoms with Gasteiger partial charge in [-0.1, -0.05) is 88.9 Å². The smallest absolute Gasteiger partial charge is 0.410 e. The Bertz CT molecular complexity index is 2970. The monoisotopic (exact) mass is 1280 g/mol. The van der Waals surface area contributed by atoms with Crippen molar-refractivity contribution in [3.63, 3.8) is 0 Å². The first-order valence-electron chi connectivity index (χ1n) is 30.9. The second-order valence-electron chi connectivity index (χ2n) is 29.9. The van der Waals surface area contributed by atoms with E-state index in [2.05, 4.69) is 110 Å². The molecule has 2 unspecified atom stereocenters. The molecule has 7 rings (SSSR count). The first-order chi connectivity index (χ1) is 40.6. The van der Waals surface area contributed by atoms with E-state index in [1.165, 1.54) is 6.39 Å². The number of likely N-dealkylation sites (tertiary alicyclic amines) is 2. The standard InChI is InChI=1S/C30H51N7O5Si2.C29H53N7O5Si2/c1-30(2,3)42-29(38)35-12-10-11-23(19-35)25-17-26(37-28(33-25)24(18-32-37)27-31-20-41-34-27)36(21-39-13-15-43(4,5)6)22-40-14-16-44(7,8)9;1-29(2,3)41-28(37)34-12-10-11-22(19-34)24-17-25(36-27(32-24)23(18-31-36)26(30)33-38)35(20-39-13-15-42(4,5)6)21-40-14-16-43(7,8)9/h17-18,20,23H,10-16,19,21-22H2,1-9H3;17-18,22,38H,10-16,19-21H2,1-9H3,(H2,30,33). The third-order valence-corrected chi connectivity index (χ3v) is 21.4. The van der Waals surface area contributed by atoms with Crippen LogP contribution in [0.5, 0.6) is 0 Å². The van der Waals surface area contributed by atoms with Crippen LogP contribution in [0.3, 0.4) is 0 Å². The maximum absolute atomic E-state index is 13.0. The summed E-state index contributed by atoms with van der Waals surface area (Å²) in [7, 11) is -5.06. The van der Waals surface area contributed by atoms with Crippen molar-refractivity contribution in [2.24, 2.45) is 10.9 Å². The Morgan fingerprint density at radius 1 is 0.632 bits per heavy atom. The predicted molar refractivity (Wildman–Crippen MR) is 352 cm³/mol. The molecule has 2 fully saturated rings. The van der Waals surface area contributed by atoms with E-state index < -0.39 is 43.5 Å². The number of rotatable bonds is 26. The van der Waals surface area contributed by atoms with Crippen LogP contribution in [-0.2, 0) is 28.4 Å². The van der Waals surface area contributed by atoms with Crippen LogP contribution in [0.2, 0.25) is 103 Å². The summed E-state index contributed by atoms with van der Waals surface area (Å²) in [5, 5.41) is 26.0. The second kappa shape index (κ2) is 30.3. The lowest BCUT2D eigenvalue weighted by atomic mass is 9.94. The van der Waals surface area contributed by atoms with Crippen molar-refractivity contribution in [1.29, 1.82) is 0 Å². The Kier molecular flexibility index (Phi) is 24.6. The van der Waals surface area contributed by atoms with Gasteiger partial charge in [0, 0.05) is 109 Å². The summed E-state index contributed by atoms with van der Waals surface area (Å²) in [6.07, 6.45) is 7.37. The number of hydrogen-bond acceptors (Lipinski definition) is 19. The lowest BCUT2D eigenvalue weighted by molar-refractivity contribution is 0.0187. The second-order valence-corrected chi connectivity index (χ2v) is 52.4. The Morgan fingerprint density at radius 3 is 1.39 bits per heavy atom. The van der Waals surface area contributed by atoms with Crippen LogP contribution in [0.15, 0.2) is 40.6 Å². The van der Waals surface area contributed by atoms with E-state index in [-0.39, 0.29) is 29.9 Å². The molecule has 87 heavy (non-hydrogen) atoms. The molecule has 486 valence electrons. The fraction of sp³-hybridized carbons (Fsp3) is 0.712. The van der Waals surface area contributed by atoms with Crippen molar-refractivity contribution in [2.45, 2.75) is 193 Å². The SMILES string of the molecule is CC(C)(C)OC(=O)N1CCCC(c2cc(N(COCC[Si](C)(C)C)COCC[Si](C)(C)C)n3ncc(-c4ncon4)c3n2)C1.CC(C)(C)OC(=O)N1CCCC(c2cc(N(COCC[Si](C)(C)C)COCC[Si](C)(C)C)n3ncc(C(N)=NO)c3n2)C1. The fourth-order valence-corrected chi connectivity index (χ4v) is 12.5. The van der Waals surface area contributed by atoms with Gasteiger partial charge in [-0.2, -0.15) is 24.2 Å². The normalized spacial score (nSPS) is 16.7. The number of oxime groups is 1. The Balaban J connectivity index is 0.000000278. The summed E-state index contributed by atoms with van der Waals surface area (Å²) in [4.78, 5) is 47.9. The van der Waals surface area contributed by atoms with Gasteiger partial charge in [0.2, 0.25) is 12.2 Å². The molecule has 0 bridgehead atoms. The molecule has 5 aromatic heterocycles. The zero-order chi connectivity index (χ0) is 64.1. The molecule has 0 radical (unpaired) electrons. The van der Waals surface area contributed by atoms with Crippen LogP contribution in [0, 0.1) is 0 Å². The Hall–Kier alpha value is -5.50. The van der Waals surface area contributed by atoms with E-state index in [1.54, 1.807) is 31.2 Å². The van der Waals surface area contributed by atoms with Gasteiger partial charge >= 0.3 is 12.2 Å². The van der Waals surface area contributed by atoms with Gasteiger partial charge in [-0.15, -0.1) is 0 Å². The maximum atomic E-state index is 13.0. The van der Waals surface area contributed by atoms with E-state index >= 15 is 0 Å². The van der Waals surface area contributed by atoms with Crippen LogP contribution in [0.25, 0.3) is 22.7 Å². The molecule has 2 amide bonds. The van der Waals surface area contributed by atoms with Gasteiger partial charge in [0.15, 0.2) is 17.1 Å². The quantitative estimate of drug-likeness (QED) is 0.00991. The first kappa shape index (κ1) is 70.6. The molecule has 5 aromatic rings. The minimum absolute atomic E-state index is 0.00973. The molecule has 2 aliphatic heterocycles. The number of anilines is 2. The molecule has 3 N–H and O–H groups in total. The van der Waals surface area contributed by atoms with Gasteiger partial charge in [0.1, 0.15) is 49.8 Å². The molecule has 0 saturated carbocycles. The van der Waals surface area contributed by atoms with E-state index in [0.717, 1.165) is 72.9 Å². The number of nitrogens with zero attached hydrogens (tertiary/aromatic N) is 13. The molecule has 0 aromatic carbocycles. The summed E-state index contributed by atoms with van der Waals surface area (Å²) in [5.41, 5.74) is 8.72. The van der Waals surface area contributed by atoms with Crippen LogP contribution < -0.4 is 15.5 Å². The molecule has 28 heteroatoms. The van der Waals surface area contributed by atoms with Gasteiger partial charge in [-0.05, 0) is 91.4 Å². The fourth-order valence-electron chi connectivity index (χ4n) is 9.45. The minimum atomic E-state index is -1.27. The predicted octanol–water partition coefficient (Wildman–Crippen LogP) is 11.7. The molecular weight excluding hydrogens is 1180 g/mol. The Morgan fingerprint density at radius 2 is 1.02 bits per heavy atom. The topological polar surface area (TPSA) is 260 Å². The maximum Gasteiger partial charge on any atom is 0.410 e. The summed E-state index contributed by atoms with van der Waals surface area (Å²) in [6, 6.07) is 8.30. The molecule has 2 saturated heterocycles. The highest BCUT2D eigenvalue weighted by atomic mass is 28.3. The summed E-state index contributed by atoms with van der Waals surface area (Å²) in [6.45, 7) is 45.6. The summed E-state index contributed by atoms with van der Waals surface area (Å²) < 4.78 is 44.8. The summed E-state index contributed by atoms with van der Waals surface area (Å²) in [5.74, 6) is 1.84. The number of ether oxygens (including phenoxy) is 6. The van der Waals surface area contributed by atoms with Crippen LogP contribution >= 0.6 is 0 Å². The largest absolute Gasteiger partial charge is 0.444 e. The first-order valence-corrected chi connectivity index (χ1v) is 45.7. The molecular formula is C59H104N14O10Si4. The average Bonchev–Trinajstić information content (AvgIpc) is 1.84. The number of carbonyl (C=O) groups is 2. The van der Waals surface area contributed by atoms with Crippen molar-refractivity contribution in [2.75, 3.05) is 89.3 Å². The molecule has 0 aliphatic carbocycles. The van der Waals surface area contributed by atoms with Crippen molar-refractivity contribution < 1.29 is 47.7 Å². The van der Waals surface area contributed by atoms with Gasteiger partial charge in [-0.25, -0.2) is 19.6 Å². The highest BCUT2D eigenvalue weighted by Crippen LogP contribution is 2.34. The average molecular weight is 1280 g/mol. The lowest BCUT2D eigenvalue weighted by Gasteiger charge is -2.34. The van der Waals surface area contributed by atoms with Crippen LogP contribution in [-0.4, -0.2) is 195 Å². The zero-order valence-electron chi connectivity index (χ0n) is 55.7. The Labute approximate surface area is 520 Å². The van der Waals surface area contributed by atoms with Gasteiger partial charge in [0.05, 0.1) is 34.9 Å². The van der Waals surface area contributed by atoms with Crippen LogP contribution in [0.4, 0.5) is 21.2 Å². The third-order valence-electron chi connectivity index (χ3n) is 14.5. The van der Waals surface area contributed by atoms with Crippen molar-refractivity contribution in [3.8, 4) is 11.4 Å². The highest BCUT2D eigenvalue weighted by Gasteiger charge is 2.33. The number of amidine groups is 1. The molecule has 2 aliphatic rings. The minimum Gasteiger partial charge on any atom is -0.444 e. The van der Waals surface area contributed by atoms with Gasteiger partial charge in [-0.3, -0.25) is 0 Å². The number of amides is 2. The number of nitrogens with two attached hydrogens (primary N) is 1. The number of aromatic nitrogens is 8. The summed E-state index contributed by atoms with van der Waals surface area (Å²) >= 11 is 0. The van der Waals surface area contributed by atoms with Gasteiger partial charge < -0.3 is 63.5 Å². The van der Waals surface area contributed by atoms with Crippen molar-refractivity contribution in [3.05, 3.63) is 47.9 Å². The zero-order valence-corrected chi connectivity index (χ0v) is 59.7. The number of piperidine rings is 2. The molecule has 0 spiro atoms. The van der Waals surface area contributed by atoms with E-state index in [4.69, 9.17) is 53.7 Å². The number of hydrogen-bond donors (Lipinski definition) is 2. The van der Waals surface area contributed by atoms with Crippen molar-refractivity contribution >= 4 is 73.2 Å². The number of fused-ring (bicyclic) bond motifs is 2. The van der Waals surface area contributed by atoms with E-state index in [9.17, 15) is 14.8 Å². The molecule has 2 atom stereocenters. The molecule has 7 heterocycles. The van der Waals surface area contributed by atoms with Crippen molar-refractivity contribution in [1.82, 2.24) is 49.1 Å². The van der Waals surface area contributed by atoms with Gasteiger partial charge in [0.25, 0.3) is 0 Å². The van der Waals surface area contributed by atoms with E-state index in [0.29, 0.717) is 108 Å². The van der Waals surface area contributed by atoms with E-state index in [1.807, 2.05) is 52.5 Å². The lowest BCUT2D eigenvalue weighted by Crippen LogP contribution is -2.42.